The second kappa shape index (κ2) is 5.39. The predicted octanol–water partition coefficient (Wildman–Crippen LogP) is 3.33. The Balaban J connectivity index is 1.67. The molecule has 0 atom stereocenters. The number of nitrogens with one attached hydrogen (secondary N) is 1. The quantitative estimate of drug-likeness (QED) is 0.774. The molecular weight excluding hydrogens is 294 g/mol. The van der Waals surface area contributed by atoms with Gasteiger partial charge in [-0.25, -0.2) is 14.8 Å². The van der Waals surface area contributed by atoms with E-state index in [2.05, 4.69) is 21.0 Å². The van der Waals surface area contributed by atoms with Crippen LogP contribution in [-0.2, 0) is 12.8 Å². The molecule has 0 amide bonds. The summed E-state index contributed by atoms with van der Waals surface area (Å²) in [5, 5.41) is 9.16. The number of aromatic amines is 1. The molecule has 6 nitrogen and oxygen atoms in total. The van der Waals surface area contributed by atoms with E-state index in [1.807, 2.05) is 12.1 Å². The highest BCUT2D eigenvalue weighted by atomic mass is 16.5. The number of rotatable bonds is 3. The topological polar surface area (TPSA) is 88.1 Å². The molecule has 0 aliphatic heterocycles. The van der Waals surface area contributed by atoms with Gasteiger partial charge >= 0.3 is 5.97 Å². The first-order chi connectivity index (χ1) is 11.2. The normalized spacial score (nSPS) is 13.7. The number of benzene rings is 1. The van der Waals surface area contributed by atoms with E-state index in [1.54, 1.807) is 0 Å². The van der Waals surface area contributed by atoms with Crippen LogP contribution in [0.5, 0.6) is 11.6 Å². The van der Waals surface area contributed by atoms with Gasteiger partial charge in [0.1, 0.15) is 16.8 Å². The van der Waals surface area contributed by atoms with Crippen LogP contribution in [0, 0.1) is 0 Å². The molecule has 0 fully saturated rings. The van der Waals surface area contributed by atoms with Crippen LogP contribution in [0.3, 0.4) is 0 Å². The van der Waals surface area contributed by atoms with Crippen molar-refractivity contribution in [3.8, 4) is 11.6 Å². The van der Waals surface area contributed by atoms with Gasteiger partial charge in [0, 0.05) is 6.20 Å². The smallest absolute Gasteiger partial charge is 0.339 e. The second-order valence-corrected chi connectivity index (χ2v) is 5.65. The molecule has 2 N–H and O–H groups in total. The molecule has 1 aliphatic rings. The van der Waals surface area contributed by atoms with E-state index in [9.17, 15) is 4.79 Å². The van der Waals surface area contributed by atoms with Crippen molar-refractivity contribution in [1.29, 1.82) is 0 Å². The lowest BCUT2D eigenvalue weighted by molar-refractivity contribution is 0.0699. The van der Waals surface area contributed by atoms with Crippen LogP contribution in [0.15, 0.2) is 30.6 Å². The zero-order chi connectivity index (χ0) is 15.8. The molecule has 6 heteroatoms. The summed E-state index contributed by atoms with van der Waals surface area (Å²) in [5.41, 5.74) is 3.51. The summed E-state index contributed by atoms with van der Waals surface area (Å²) in [6.07, 6.45) is 7.50. The van der Waals surface area contributed by atoms with Gasteiger partial charge in [0.25, 0.3) is 0 Å². The van der Waals surface area contributed by atoms with Crippen molar-refractivity contribution in [2.24, 2.45) is 0 Å². The van der Waals surface area contributed by atoms with Gasteiger partial charge in [-0.15, -0.1) is 0 Å². The van der Waals surface area contributed by atoms with E-state index < -0.39 is 5.97 Å². The number of aromatic carboxylic acids is 1. The van der Waals surface area contributed by atoms with E-state index in [0.717, 1.165) is 12.8 Å². The molecule has 3 aromatic rings. The van der Waals surface area contributed by atoms with Crippen LogP contribution in [0.1, 0.15) is 34.3 Å². The number of carboxylic acid groups (broad SMARTS) is 1. The standard InChI is InChI=1S/C17H15N3O3/c21-17(22)13-8-18-16-15(13)20-14(9-19-16)23-12-6-5-10-3-1-2-4-11(10)7-12/h5-9H,1-4H2,(H,18,19)(H,21,22). The predicted molar refractivity (Wildman–Crippen MR) is 84.0 cm³/mol. The molecule has 1 aliphatic carbocycles. The van der Waals surface area contributed by atoms with Crippen molar-refractivity contribution in [2.45, 2.75) is 25.7 Å². The van der Waals surface area contributed by atoms with Crippen LogP contribution in [0.4, 0.5) is 0 Å². The number of nitrogens with zero attached hydrogens (tertiary/aromatic N) is 2. The van der Waals surface area contributed by atoms with E-state index in [-0.39, 0.29) is 11.4 Å². The average Bonchev–Trinajstić information content (AvgIpc) is 2.98. The number of carboxylic acids is 1. The zero-order valence-corrected chi connectivity index (χ0v) is 12.4. The lowest BCUT2D eigenvalue weighted by Gasteiger charge is -2.16. The van der Waals surface area contributed by atoms with Crippen LogP contribution in [0.2, 0.25) is 0 Å². The number of aromatic nitrogens is 3. The van der Waals surface area contributed by atoms with E-state index in [1.165, 1.54) is 36.4 Å². The van der Waals surface area contributed by atoms with Crippen molar-refractivity contribution in [2.75, 3.05) is 0 Å². The summed E-state index contributed by atoms with van der Waals surface area (Å²) in [7, 11) is 0. The number of ether oxygens (including phenoxy) is 1. The Kier molecular flexibility index (Phi) is 3.22. The van der Waals surface area contributed by atoms with Gasteiger partial charge in [0.2, 0.25) is 5.88 Å². The van der Waals surface area contributed by atoms with Crippen molar-refractivity contribution in [1.82, 2.24) is 15.0 Å². The van der Waals surface area contributed by atoms with Crippen LogP contribution < -0.4 is 4.74 Å². The molecule has 4 rings (SSSR count). The highest BCUT2D eigenvalue weighted by Gasteiger charge is 2.15. The fourth-order valence-corrected chi connectivity index (χ4v) is 2.98. The number of H-pyrrole nitrogens is 1. The lowest BCUT2D eigenvalue weighted by Crippen LogP contribution is -2.02. The van der Waals surface area contributed by atoms with Crippen molar-refractivity contribution >= 4 is 17.1 Å². The highest BCUT2D eigenvalue weighted by molar-refractivity contribution is 6.00. The van der Waals surface area contributed by atoms with Gasteiger partial charge in [-0.2, -0.15) is 0 Å². The maximum Gasteiger partial charge on any atom is 0.339 e. The monoisotopic (exact) mass is 309 g/mol. The van der Waals surface area contributed by atoms with Crippen molar-refractivity contribution in [3.05, 3.63) is 47.3 Å². The van der Waals surface area contributed by atoms with Gasteiger partial charge in [-0.1, -0.05) is 6.07 Å². The number of fused-ring (bicyclic) bond motifs is 2. The summed E-state index contributed by atoms with van der Waals surface area (Å²) >= 11 is 0. The summed E-state index contributed by atoms with van der Waals surface area (Å²) in [6, 6.07) is 6.05. The largest absolute Gasteiger partial charge is 0.478 e. The molecule has 0 radical (unpaired) electrons. The first-order valence-electron chi connectivity index (χ1n) is 7.58. The fourth-order valence-electron chi connectivity index (χ4n) is 2.98. The SMILES string of the molecule is O=C(O)c1c[nH]c2ncc(Oc3ccc4c(c3)CCCC4)nc12. The van der Waals surface area contributed by atoms with Gasteiger partial charge in [0.15, 0.2) is 5.65 Å². The summed E-state index contributed by atoms with van der Waals surface area (Å²) in [6.45, 7) is 0. The van der Waals surface area contributed by atoms with Crippen molar-refractivity contribution in [3.63, 3.8) is 0 Å². The van der Waals surface area contributed by atoms with E-state index >= 15 is 0 Å². The summed E-state index contributed by atoms with van der Waals surface area (Å²) in [4.78, 5) is 22.4. The van der Waals surface area contributed by atoms with Gasteiger partial charge in [-0.05, 0) is 48.9 Å². The summed E-state index contributed by atoms with van der Waals surface area (Å²) < 4.78 is 5.78. The number of aryl methyl sites for hydroxylation is 2. The van der Waals surface area contributed by atoms with E-state index in [4.69, 9.17) is 9.84 Å². The van der Waals surface area contributed by atoms with Crippen LogP contribution >= 0.6 is 0 Å². The molecule has 23 heavy (non-hydrogen) atoms. The van der Waals surface area contributed by atoms with Crippen molar-refractivity contribution < 1.29 is 14.6 Å². The molecule has 0 saturated heterocycles. The number of hydrogen-bond donors (Lipinski definition) is 2. The highest BCUT2D eigenvalue weighted by Crippen LogP contribution is 2.28. The number of hydrogen-bond acceptors (Lipinski definition) is 4. The second-order valence-electron chi connectivity index (χ2n) is 5.65. The Morgan fingerprint density at radius 3 is 2.87 bits per heavy atom. The molecule has 0 spiro atoms. The minimum Gasteiger partial charge on any atom is -0.478 e. The molecule has 2 heterocycles. The Morgan fingerprint density at radius 2 is 2.04 bits per heavy atom. The van der Waals surface area contributed by atoms with Crippen LogP contribution in [-0.4, -0.2) is 26.0 Å². The van der Waals surface area contributed by atoms with Gasteiger partial charge < -0.3 is 14.8 Å². The lowest BCUT2D eigenvalue weighted by atomic mass is 9.92. The third-order valence-electron chi connectivity index (χ3n) is 4.13. The fraction of sp³-hybridized carbons (Fsp3) is 0.235. The average molecular weight is 309 g/mol. The summed E-state index contributed by atoms with van der Waals surface area (Å²) in [5.74, 6) is -0.0569. The first-order valence-corrected chi connectivity index (χ1v) is 7.58. The molecule has 116 valence electrons. The third kappa shape index (κ3) is 2.52. The Bertz CT molecular complexity index is 901. The molecule has 1 aromatic carbocycles. The maximum absolute atomic E-state index is 11.2. The van der Waals surface area contributed by atoms with Gasteiger partial charge in [0.05, 0.1) is 6.20 Å². The molecule has 0 unspecified atom stereocenters. The molecule has 2 aromatic heterocycles. The van der Waals surface area contributed by atoms with Gasteiger partial charge in [-0.3, -0.25) is 0 Å². The minimum absolute atomic E-state index is 0.0865. The number of carbonyl (C=O) groups is 1. The first kappa shape index (κ1) is 13.8. The molecule has 0 saturated carbocycles. The Hall–Kier alpha value is -2.89. The minimum atomic E-state index is -1.04. The van der Waals surface area contributed by atoms with Crippen LogP contribution in [0.25, 0.3) is 11.2 Å². The Labute approximate surface area is 132 Å². The molecular formula is C17H15N3O3. The zero-order valence-electron chi connectivity index (χ0n) is 12.4. The maximum atomic E-state index is 11.2. The van der Waals surface area contributed by atoms with E-state index in [0.29, 0.717) is 16.9 Å². The molecule has 0 bridgehead atoms. The third-order valence-corrected chi connectivity index (χ3v) is 4.13. The Morgan fingerprint density at radius 1 is 1.22 bits per heavy atom.